The van der Waals surface area contributed by atoms with Crippen molar-refractivity contribution in [2.45, 2.75) is 32.2 Å². The summed E-state index contributed by atoms with van der Waals surface area (Å²) >= 11 is 0. The minimum absolute atomic E-state index is 0.611. The normalized spacial score (nSPS) is 38.4. The predicted molar refractivity (Wildman–Crippen MR) is 61.7 cm³/mol. The lowest BCUT2D eigenvalue weighted by molar-refractivity contribution is 0.0835. The molecule has 0 aliphatic carbocycles. The molecule has 2 aliphatic rings. The highest BCUT2D eigenvalue weighted by molar-refractivity contribution is 4.84. The fourth-order valence-electron chi connectivity index (χ4n) is 3.00. The monoisotopic (exact) mass is 212 g/mol. The van der Waals surface area contributed by atoms with Crippen LogP contribution in [0.3, 0.4) is 0 Å². The second-order valence-corrected chi connectivity index (χ2v) is 5.15. The summed E-state index contributed by atoms with van der Waals surface area (Å²) in [5.41, 5.74) is 5.89. The van der Waals surface area contributed by atoms with Crippen LogP contribution in [-0.4, -0.2) is 43.8 Å². The first-order valence-electron chi connectivity index (χ1n) is 6.33. The lowest BCUT2D eigenvalue weighted by atomic mass is 9.90. The maximum Gasteiger partial charge on any atom is 0.0507 e. The van der Waals surface area contributed by atoms with Crippen LogP contribution in [0.5, 0.6) is 0 Å². The third-order valence-electron chi connectivity index (χ3n) is 3.99. The minimum atomic E-state index is 0.611. The zero-order valence-electron chi connectivity index (χ0n) is 9.82. The summed E-state index contributed by atoms with van der Waals surface area (Å²) in [6.07, 6.45) is 3.92. The molecule has 3 atom stereocenters. The third-order valence-corrected chi connectivity index (χ3v) is 3.99. The molecule has 0 radical (unpaired) electrons. The Morgan fingerprint density at radius 1 is 1.40 bits per heavy atom. The topological polar surface area (TPSA) is 38.5 Å². The zero-order chi connectivity index (χ0) is 10.7. The highest BCUT2D eigenvalue weighted by Crippen LogP contribution is 2.25. The van der Waals surface area contributed by atoms with Crippen LogP contribution in [0.25, 0.3) is 0 Å². The molecular weight excluding hydrogens is 188 g/mol. The summed E-state index contributed by atoms with van der Waals surface area (Å²) in [6, 6.07) is 0.611. The van der Waals surface area contributed by atoms with Crippen molar-refractivity contribution in [2.24, 2.45) is 17.6 Å². The van der Waals surface area contributed by atoms with E-state index in [0.29, 0.717) is 6.04 Å². The number of piperidine rings is 1. The molecule has 88 valence electrons. The van der Waals surface area contributed by atoms with Gasteiger partial charge in [0.2, 0.25) is 0 Å². The summed E-state index contributed by atoms with van der Waals surface area (Å²) in [5.74, 6) is 1.52. The van der Waals surface area contributed by atoms with Crippen molar-refractivity contribution in [3.63, 3.8) is 0 Å². The van der Waals surface area contributed by atoms with Gasteiger partial charge in [-0.05, 0) is 37.6 Å². The first-order chi connectivity index (χ1) is 7.31. The lowest BCUT2D eigenvalue weighted by Crippen LogP contribution is -2.50. The highest BCUT2D eigenvalue weighted by Gasteiger charge is 2.29. The van der Waals surface area contributed by atoms with Crippen molar-refractivity contribution in [2.75, 3.05) is 32.8 Å². The van der Waals surface area contributed by atoms with E-state index >= 15 is 0 Å². The first-order valence-corrected chi connectivity index (χ1v) is 6.33. The second kappa shape index (κ2) is 5.28. The number of rotatable bonds is 3. The summed E-state index contributed by atoms with van der Waals surface area (Å²) in [5, 5.41) is 0. The smallest absolute Gasteiger partial charge is 0.0507 e. The molecule has 0 aromatic heterocycles. The molecule has 2 rings (SSSR count). The number of hydrogen-bond acceptors (Lipinski definition) is 3. The number of likely N-dealkylation sites (tertiary alicyclic amines) is 1. The fourth-order valence-corrected chi connectivity index (χ4v) is 3.00. The van der Waals surface area contributed by atoms with E-state index < -0.39 is 0 Å². The highest BCUT2D eigenvalue weighted by atomic mass is 16.5. The Labute approximate surface area is 93.0 Å². The van der Waals surface area contributed by atoms with Crippen LogP contribution in [0.15, 0.2) is 0 Å². The van der Waals surface area contributed by atoms with Gasteiger partial charge in [-0.2, -0.15) is 0 Å². The van der Waals surface area contributed by atoms with E-state index in [1.165, 1.54) is 32.4 Å². The Hall–Kier alpha value is -0.120. The van der Waals surface area contributed by atoms with Crippen LogP contribution < -0.4 is 5.73 Å². The largest absolute Gasteiger partial charge is 0.381 e. The number of nitrogens with two attached hydrogens (primary N) is 1. The summed E-state index contributed by atoms with van der Waals surface area (Å²) in [7, 11) is 0. The van der Waals surface area contributed by atoms with Crippen LogP contribution >= 0.6 is 0 Å². The molecule has 2 N–H and O–H groups in total. The Kier molecular flexibility index (Phi) is 4.00. The van der Waals surface area contributed by atoms with Gasteiger partial charge in [-0.15, -0.1) is 0 Å². The fraction of sp³-hybridized carbons (Fsp3) is 1.00. The van der Waals surface area contributed by atoms with E-state index in [4.69, 9.17) is 10.5 Å². The molecule has 2 heterocycles. The molecular formula is C12H24N2O. The van der Waals surface area contributed by atoms with Gasteiger partial charge in [-0.1, -0.05) is 6.92 Å². The van der Waals surface area contributed by atoms with Gasteiger partial charge in [-0.3, -0.25) is 4.90 Å². The van der Waals surface area contributed by atoms with Crippen molar-refractivity contribution in [1.29, 1.82) is 0 Å². The average molecular weight is 212 g/mol. The van der Waals surface area contributed by atoms with Crippen molar-refractivity contribution in [1.82, 2.24) is 4.90 Å². The van der Waals surface area contributed by atoms with E-state index in [0.717, 1.165) is 31.6 Å². The molecule has 3 nitrogen and oxygen atoms in total. The Morgan fingerprint density at radius 3 is 2.93 bits per heavy atom. The molecule has 0 bridgehead atoms. The van der Waals surface area contributed by atoms with Gasteiger partial charge in [0.1, 0.15) is 0 Å². The van der Waals surface area contributed by atoms with Crippen LogP contribution in [0.4, 0.5) is 0 Å². The first kappa shape index (κ1) is 11.4. The third kappa shape index (κ3) is 2.71. The van der Waals surface area contributed by atoms with E-state index in [2.05, 4.69) is 11.8 Å². The summed E-state index contributed by atoms with van der Waals surface area (Å²) in [6.45, 7) is 7.52. The Balaban J connectivity index is 1.87. The second-order valence-electron chi connectivity index (χ2n) is 5.15. The molecule has 0 aromatic carbocycles. The minimum Gasteiger partial charge on any atom is -0.381 e. The van der Waals surface area contributed by atoms with Crippen LogP contribution in [0.2, 0.25) is 0 Å². The van der Waals surface area contributed by atoms with E-state index in [9.17, 15) is 0 Å². The van der Waals surface area contributed by atoms with Crippen LogP contribution in [-0.2, 0) is 4.74 Å². The Morgan fingerprint density at radius 2 is 2.27 bits per heavy atom. The molecule has 0 spiro atoms. The standard InChI is InChI=1S/C12H24N2O/c1-10-3-2-5-14(12(10)7-13)8-11-4-6-15-9-11/h10-12H,2-9,13H2,1H3. The predicted octanol–water partition coefficient (Wildman–Crippen LogP) is 1.08. The molecule has 2 fully saturated rings. The number of ether oxygens (including phenoxy) is 1. The number of nitrogens with zero attached hydrogens (tertiary/aromatic N) is 1. The van der Waals surface area contributed by atoms with Gasteiger partial charge in [0.15, 0.2) is 0 Å². The van der Waals surface area contributed by atoms with Crippen LogP contribution in [0.1, 0.15) is 26.2 Å². The molecule has 15 heavy (non-hydrogen) atoms. The molecule has 0 amide bonds. The lowest BCUT2D eigenvalue weighted by Gasteiger charge is -2.40. The number of hydrogen-bond donors (Lipinski definition) is 1. The van der Waals surface area contributed by atoms with Gasteiger partial charge < -0.3 is 10.5 Å². The molecule has 2 saturated heterocycles. The van der Waals surface area contributed by atoms with Crippen molar-refractivity contribution < 1.29 is 4.74 Å². The SMILES string of the molecule is CC1CCCN(CC2CCOC2)C1CN. The zero-order valence-corrected chi connectivity index (χ0v) is 9.82. The van der Waals surface area contributed by atoms with Gasteiger partial charge in [0.05, 0.1) is 6.61 Å². The summed E-state index contributed by atoms with van der Waals surface area (Å²) in [4.78, 5) is 2.60. The van der Waals surface area contributed by atoms with Crippen LogP contribution in [0, 0.1) is 11.8 Å². The molecule has 0 aromatic rings. The molecule has 3 heteroatoms. The average Bonchev–Trinajstić information content (AvgIpc) is 2.71. The van der Waals surface area contributed by atoms with Crippen molar-refractivity contribution in [3.8, 4) is 0 Å². The maximum absolute atomic E-state index is 5.89. The maximum atomic E-state index is 5.89. The van der Waals surface area contributed by atoms with Gasteiger partial charge in [-0.25, -0.2) is 0 Å². The van der Waals surface area contributed by atoms with Crippen molar-refractivity contribution in [3.05, 3.63) is 0 Å². The molecule has 3 unspecified atom stereocenters. The Bertz CT molecular complexity index is 192. The van der Waals surface area contributed by atoms with E-state index in [1.807, 2.05) is 0 Å². The van der Waals surface area contributed by atoms with E-state index in [1.54, 1.807) is 0 Å². The van der Waals surface area contributed by atoms with E-state index in [-0.39, 0.29) is 0 Å². The quantitative estimate of drug-likeness (QED) is 0.761. The van der Waals surface area contributed by atoms with Gasteiger partial charge >= 0.3 is 0 Å². The summed E-state index contributed by atoms with van der Waals surface area (Å²) < 4.78 is 5.44. The van der Waals surface area contributed by atoms with Gasteiger partial charge in [0.25, 0.3) is 0 Å². The van der Waals surface area contributed by atoms with Gasteiger partial charge in [0, 0.05) is 25.7 Å². The molecule has 2 aliphatic heterocycles. The van der Waals surface area contributed by atoms with Crippen molar-refractivity contribution >= 4 is 0 Å². The molecule has 0 saturated carbocycles.